The molecule has 1 amide bonds. The third kappa shape index (κ3) is 3.68. The molecule has 1 atom stereocenters. The highest BCUT2D eigenvalue weighted by molar-refractivity contribution is 5.95. The lowest BCUT2D eigenvalue weighted by molar-refractivity contribution is -0.131. The van der Waals surface area contributed by atoms with Crippen LogP contribution in [0.15, 0.2) is 24.3 Å². The van der Waals surface area contributed by atoms with E-state index in [0.29, 0.717) is 6.61 Å². The van der Waals surface area contributed by atoms with E-state index < -0.39 is 5.97 Å². The third-order valence-electron chi connectivity index (χ3n) is 3.15. The first-order valence-electron chi connectivity index (χ1n) is 6.50. The Morgan fingerprint density at radius 1 is 1.45 bits per heavy atom. The number of hydrogen-bond acceptors (Lipinski definition) is 3. The van der Waals surface area contributed by atoms with Crippen molar-refractivity contribution in [2.24, 2.45) is 0 Å². The van der Waals surface area contributed by atoms with Gasteiger partial charge in [0.1, 0.15) is 6.10 Å². The number of aliphatic carboxylic acids is 1. The molecule has 0 aromatic heterocycles. The lowest BCUT2D eigenvalue weighted by Gasteiger charge is -2.12. The summed E-state index contributed by atoms with van der Waals surface area (Å²) in [5.74, 6) is -1.11. The number of rotatable bonds is 4. The summed E-state index contributed by atoms with van der Waals surface area (Å²) in [6, 6.07) is 5.35. The second kappa shape index (κ2) is 6.34. The molecule has 1 fully saturated rings. The van der Waals surface area contributed by atoms with E-state index in [0.717, 1.165) is 35.7 Å². The largest absolute Gasteiger partial charge is 0.478 e. The monoisotopic (exact) mass is 275 g/mol. The molecule has 0 aliphatic carbocycles. The van der Waals surface area contributed by atoms with Gasteiger partial charge in [0.2, 0.25) is 0 Å². The van der Waals surface area contributed by atoms with Gasteiger partial charge in [-0.3, -0.25) is 4.79 Å². The number of anilines is 1. The first kappa shape index (κ1) is 14.3. The fourth-order valence-corrected chi connectivity index (χ4v) is 2.10. The molecule has 0 bridgehead atoms. The highest BCUT2D eigenvalue weighted by atomic mass is 16.5. The Bertz CT molecular complexity index is 545. The number of carboxylic acid groups (broad SMARTS) is 1. The van der Waals surface area contributed by atoms with E-state index in [2.05, 4.69) is 5.32 Å². The summed E-state index contributed by atoms with van der Waals surface area (Å²) in [4.78, 5) is 22.4. The molecular weight excluding hydrogens is 258 g/mol. The van der Waals surface area contributed by atoms with Crippen LogP contribution in [0.5, 0.6) is 0 Å². The smallest absolute Gasteiger partial charge is 0.328 e. The van der Waals surface area contributed by atoms with Gasteiger partial charge < -0.3 is 15.2 Å². The predicted octanol–water partition coefficient (Wildman–Crippen LogP) is 2.21. The summed E-state index contributed by atoms with van der Waals surface area (Å²) < 4.78 is 5.33. The maximum absolute atomic E-state index is 11.9. The molecule has 0 saturated carbocycles. The van der Waals surface area contributed by atoms with Crippen LogP contribution in [0.25, 0.3) is 6.08 Å². The number of carboxylic acids is 1. The maximum atomic E-state index is 11.9. The van der Waals surface area contributed by atoms with Gasteiger partial charge in [0.05, 0.1) is 0 Å². The summed E-state index contributed by atoms with van der Waals surface area (Å²) in [5.41, 5.74) is 2.38. The quantitative estimate of drug-likeness (QED) is 0.826. The van der Waals surface area contributed by atoms with Crippen LogP contribution in [0.4, 0.5) is 5.69 Å². The molecule has 1 unspecified atom stereocenters. The fraction of sp³-hybridized carbons (Fsp3) is 0.333. The summed E-state index contributed by atoms with van der Waals surface area (Å²) in [6.45, 7) is 2.50. The predicted molar refractivity (Wildman–Crippen MR) is 75.5 cm³/mol. The van der Waals surface area contributed by atoms with Crippen molar-refractivity contribution in [1.82, 2.24) is 0 Å². The molecule has 1 aliphatic rings. The fourth-order valence-electron chi connectivity index (χ4n) is 2.10. The Morgan fingerprint density at radius 3 is 2.85 bits per heavy atom. The molecule has 106 valence electrons. The Hall–Kier alpha value is -2.14. The van der Waals surface area contributed by atoms with Gasteiger partial charge in [-0.2, -0.15) is 0 Å². The van der Waals surface area contributed by atoms with Crippen LogP contribution in [0.3, 0.4) is 0 Å². The third-order valence-corrected chi connectivity index (χ3v) is 3.15. The van der Waals surface area contributed by atoms with E-state index in [9.17, 15) is 9.59 Å². The SMILES string of the molecule is Cc1cc(C=CC(=O)O)ccc1NC(=O)C1CCCO1. The van der Waals surface area contributed by atoms with Crippen LogP contribution in [-0.4, -0.2) is 29.7 Å². The van der Waals surface area contributed by atoms with E-state index in [1.807, 2.05) is 13.0 Å². The van der Waals surface area contributed by atoms with Crippen LogP contribution in [0.1, 0.15) is 24.0 Å². The zero-order valence-corrected chi connectivity index (χ0v) is 11.3. The summed E-state index contributed by atoms with van der Waals surface area (Å²) in [7, 11) is 0. The van der Waals surface area contributed by atoms with Crippen molar-refractivity contribution < 1.29 is 19.4 Å². The van der Waals surface area contributed by atoms with Crippen LogP contribution in [0, 0.1) is 6.92 Å². The van der Waals surface area contributed by atoms with Gasteiger partial charge in [-0.1, -0.05) is 6.07 Å². The van der Waals surface area contributed by atoms with Crippen molar-refractivity contribution >= 4 is 23.6 Å². The molecule has 1 aromatic carbocycles. The van der Waals surface area contributed by atoms with Gasteiger partial charge in [0.25, 0.3) is 5.91 Å². The van der Waals surface area contributed by atoms with Crippen LogP contribution in [0.2, 0.25) is 0 Å². The molecule has 5 nitrogen and oxygen atoms in total. The summed E-state index contributed by atoms with van der Waals surface area (Å²) >= 11 is 0. The van der Waals surface area contributed by atoms with E-state index in [4.69, 9.17) is 9.84 Å². The minimum atomic E-state index is -0.988. The van der Waals surface area contributed by atoms with Gasteiger partial charge in [0, 0.05) is 18.4 Å². The Labute approximate surface area is 117 Å². The number of aryl methyl sites for hydroxylation is 1. The Kier molecular flexibility index (Phi) is 4.53. The Balaban J connectivity index is 2.05. The number of carbonyl (C=O) groups excluding carboxylic acids is 1. The van der Waals surface area contributed by atoms with Gasteiger partial charge in [-0.05, 0) is 49.1 Å². The highest BCUT2D eigenvalue weighted by Gasteiger charge is 2.23. The molecule has 2 rings (SSSR count). The molecule has 5 heteroatoms. The number of hydrogen-bond donors (Lipinski definition) is 2. The van der Waals surface area contributed by atoms with E-state index in [1.54, 1.807) is 12.1 Å². The van der Waals surface area contributed by atoms with Crippen molar-refractivity contribution in [2.45, 2.75) is 25.9 Å². The standard InChI is InChI=1S/C15H17NO4/c1-10-9-11(5-7-14(17)18)4-6-12(10)16-15(19)13-3-2-8-20-13/h4-7,9,13H,2-3,8H2,1H3,(H,16,19)(H,17,18). The van der Waals surface area contributed by atoms with Crippen molar-refractivity contribution in [3.05, 3.63) is 35.4 Å². The number of ether oxygens (including phenoxy) is 1. The van der Waals surface area contributed by atoms with Gasteiger partial charge in [-0.25, -0.2) is 4.79 Å². The molecule has 2 N–H and O–H groups in total. The lowest BCUT2D eigenvalue weighted by Crippen LogP contribution is -2.27. The van der Waals surface area contributed by atoms with Gasteiger partial charge in [0.15, 0.2) is 0 Å². The van der Waals surface area contributed by atoms with Gasteiger partial charge in [-0.15, -0.1) is 0 Å². The Morgan fingerprint density at radius 2 is 2.25 bits per heavy atom. The zero-order chi connectivity index (χ0) is 14.5. The van der Waals surface area contributed by atoms with Crippen molar-refractivity contribution in [3.63, 3.8) is 0 Å². The second-order valence-electron chi connectivity index (χ2n) is 4.74. The first-order valence-corrected chi connectivity index (χ1v) is 6.50. The number of nitrogens with one attached hydrogen (secondary N) is 1. The van der Waals surface area contributed by atoms with E-state index in [-0.39, 0.29) is 12.0 Å². The number of benzene rings is 1. The molecule has 0 radical (unpaired) electrons. The van der Waals surface area contributed by atoms with Crippen LogP contribution >= 0.6 is 0 Å². The molecule has 20 heavy (non-hydrogen) atoms. The summed E-state index contributed by atoms with van der Waals surface area (Å²) in [6.07, 6.45) is 3.90. The first-order chi connectivity index (χ1) is 9.56. The molecular formula is C15H17NO4. The van der Waals surface area contributed by atoms with Gasteiger partial charge >= 0.3 is 5.97 Å². The summed E-state index contributed by atoms with van der Waals surface area (Å²) in [5, 5.41) is 11.4. The average molecular weight is 275 g/mol. The van der Waals surface area contributed by atoms with Crippen LogP contribution < -0.4 is 5.32 Å². The molecule has 1 aliphatic heterocycles. The van der Waals surface area contributed by atoms with Crippen molar-refractivity contribution in [2.75, 3.05) is 11.9 Å². The minimum Gasteiger partial charge on any atom is -0.478 e. The normalized spacial score (nSPS) is 18.4. The average Bonchev–Trinajstić information content (AvgIpc) is 2.93. The van der Waals surface area contributed by atoms with Crippen molar-refractivity contribution in [3.8, 4) is 0 Å². The van der Waals surface area contributed by atoms with E-state index in [1.165, 1.54) is 6.08 Å². The topological polar surface area (TPSA) is 75.6 Å². The van der Waals surface area contributed by atoms with E-state index >= 15 is 0 Å². The molecule has 1 aromatic rings. The molecule has 1 heterocycles. The maximum Gasteiger partial charge on any atom is 0.328 e. The number of carbonyl (C=O) groups is 2. The molecule has 0 spiro atoms. The minimum absolute atomic E-state index is 0.126. The zero-order valence-electron chi connectivity index (χ0n) is 11.3. The molecule has 1 saturated heterocycles. The highest BCUT2D eigenvalue weighted by Crippen LogP contribution is 2.20. The van der Waals surface area contributed by atoms with Crippen LogP contribution in [-0.2, 0) is 14.3 Å². The van der Waals surface area contributed by atoms with Crippen molar-refractivity contribution in [1.29, 1.82) is 0 Å². The lowest BCUT2D eigenvalue weighted by atomic mass is 10.1. The second-order valence-corrected chi connectivity index (χ2v) is 4.74. The number of amides is 1.